The van der Waals surface area contributed by atoms with Crippen LogP contribution in [0.25, 0.3) is 0 Å². The number of hydrogen-bond donors (Lipinski definition) is 2. The second-order valence-corrected chi connectivity index (χ2v) is 9.57. The third kappa shape index (κ3) is 4.56. The van der Waals surface area contributed by atoms with Gasteiger partial charge in [-0.25, -0.2) is 8.42 Å². The Labute approximate surface area is 165 Å². The van der Waals surface area contributed by atoms with Crippen molar-refractivity contribution < 1.29 is 13.2 Å². The first-order chi connectivity index (χ1) is 12.0. The Bertz CT molecular complexity index is 698. The number of nitrogens with one attached hydrogen (secondary N) is 2. The zero-order valence-corrected chi connectivity index (χ0v) is 17.4. The molecule has 10 heteroatoms. The lowest BCUT2D eigenvalue weighted by atomic mass is 10.2. The second kappa shape index (κ2) is 9.45. The molecule has 0 aromatic carbocycles. The van der Waals surface area contributed by atoms with Gasteiger partial charge in [-0.3, -0.25) is 4.79 Å². The van der Waals surface area contributed by atoms with E-state index in [9.17, 15) is 13.2 Å². The van der Waals surface area contributed by atoms with E-state index in [0.29, 0.717) is 25.3 Å². The van der Waals surface area contributed by atoms with Gasteiger partial charge in [0.15, 0.2) is 0 Å². The molecule has 2 aliphatic heterocycles. The molecule has 26 heavy (non-hydrogen) atoms. The number of aromatic amines is 1. The zero-order valence-electron chi connectivity index (χ0n) is 14.9. The molecule has 3 heterocycles. The summed E-state index contributed by atoms with van der Waals surface area (Å²) in [6, 6.07) is 1.67. The maximum Gasteiger partial charge on any atom is 0.270 e. The molecule has 0 bridgehead atoms. The number of aromatic nitrogens is 1. The van der Waals surface area contributed by atoms with Gasteiger partial charge in [0.1, 0.15) is 10.6 Å². The third-order valence-electron chi connectivity index (χ3n) is 4.70. The van der Waals surface area contributed by atoms with Gasteiger partial charge in [-0.1, -0.05) is 6.92 Å². The van der Waals surface area contributed by atoms with Crippen LogP contribution in [0.4, 0.5) is 0 Å². The lowest BCUT2D eigenvalue weighted by Crippen LogP contribution is -2.42. The predicted octanol–water partition coefficient (Wildman–Crippen LogP) is 1.39. The van der Waals surface area contributed by atoms with Crippen molar-refractivity contribution in [1.29, 1.82) is 0 Å². The maximum atomic E-state index is 12.9. The summed E-state index contributed by atoms with van der Waals surface area (Å²) in [5.41, 5.74) is 0.352. The van der Waals surface area contributed by atoms with Gasteiger partial charge in [-0.05, 0) is 25.5 Å². The Kier molecular flexibility index (Phi) is 7.84. The fraction of sp³-hybridized carbons (Fsp3) is 0.688. The van der Waals surface area contributed by atoms with E-state index in [0.717, 1.165) is 37.4 Å². The Morgan fingerprint density at radius 2 is 2.12 bits per heavy atom. The van der Waals surface area contributed by atoms with Gasteiger partial charge < -0.3 is 15.2 Å². The topological polar surface area (TPSA) is 85.5 Å². The third-order valence-corrected chi connectivity index (χ3v) is 7.51. The molecule has 0 radical (unpaired) electrons. The van der Waals surface area contributed by atoms with E-state index >= 15 is 0 Å². The predicted molar refractivity (Wildman–Crippen MR) is 107 cm³/mol. The van der Waals surface area contributed by atoms with E-state index in [1.165, 1.54) is 16.6 Å². The van der Waals surface area contributed by atoms with Crippen molar-refractivity contribution in [3.63, 3.8) is 0 Å². The van der Waals surface area contributed by atoms with Crippen molar-refractivity contribution in [3.8, 4) is 0 Å². The van der Waals surface area contributed by atoms with Crippen LogP contribution >= 0.6 is 24.2 Å². The van der Waals surface area contributed by atoms with Crippen LogP contribution in [-0.2, 0) is 10.0 Å². The highest BCUT2D eigenvalue weighted by molar-refractivity contribution is 7.99. The van der Waals surface area contributed by atoms with Crippen LogP contribution in [0.1, 0.15) is 30.3 Å². The first-order valence-electron chi connectivity index (χ1n) is 8.82. The van der Waals surface area contributed by atoms with Crippen molar-refractivity contribution in [2.75, 3.05) is 44.2 Å². The molecule has 2 aliphatic rings. The fourth-order valence-corrected chi connectivity index (χ4v) is 5.90. The molecular formula is C16H27ClN4O3S2. The van der Waals surface area contributed by atoms with Gasteiger partial charge >= 0.3 is 0 Å². The van der Waals surface area contributed by atoms with E-state index in [1.54, 1.807) is 11.8 Å². The highest BCUT2D eigenvalue weighted by atomic mass is 35.5. The quantitative estimate of drug-likeness (QED) is 0.723. The minimum Gasteiger partial charge on any atom is -0.356 e. The number of sulfonamides is 1. The molecule has 148 valence electrons. The zero-order chi connectivity index (χ0) is 17.9. The Balaban J connectivity index is 0.00000243. The number of nitrogens with zero attached hydrogens (tertiary/aromatic N) is 2. The Morgan fingerprint density at radius 1 is 1.38 bits per heavy atom. The largest absolute Gasteiger partial charge is 0.356 e. The molecule has 0 saturated carbocycles. The minimum atomic E-state index is -3.53. The second-order valence-electron chi connectivity index (χ2n) is 6.41. The van der Waals surface area contributed by atoms with Gasteiger partial charge in [-0.2, -0.15) is 16.1 Å². The molecule has 0 spiro atoms. The smallest absolute Gasteiger partial charge is 0.270 e. The highest BCUT2D eigenvalue weighted by Gasteiger charge is 2.30. The molecule has 1 aromatic heterocycles. The van der Waals surface area contributed by atoms with E-state index in [-0.39, 0.29) is 29.3 Å². The van der Waals surface area contributed by atoms with Crippen molar-refractivity contribution in [2.24, 2.45) is 0 Å². The summed E-state index contributed by atoms with van der Waals surface area (Å²) in [6.45, 7) is 5.48. The number of H-pyrrole nitrogens is 1. The molecule has 0 aliphatic carbocycles. The summed E-state index contributed by atoms with van der Waals surface area (Å²) in [7, 11) is -3.53. The number of halogens is 1. The lowest BCUT2D eigenvalue weighted by molar-refractivity contribution is 0.0687. The summed E-state index contributed by atoms with van der Waals surface area (Å²) in [4.78, 5) is 17.8. The summed E-state index contributed by atoms with van der Waals surface area (Å²) in [6.07, 6.45) is 3.25. The van der Waals surface area contributed by atoms with E-state index in [2.05, 4.69) is 10.3 Å². The number of amides is 1. The molecule has 1 aromatic rings. The average molecular weight is 423 g/mol. The molecule has 2 N–H and O–H groups in total. The first-order valence-corrected chi connectivity index (χ1v) is 11.4. The van der Waals surface area contributed by atoms with Crippen molar-refractivity contribution in [1.82, 2.24) is 19.5 Å². The molecule has 3 rings (SSSR count). The van der Waals surface area contributed by atoms with E-state index in [4.69, 9.17) is 0 Å². The maximum absolute atomic E-state index is 12.9. The number of thioether (sulfide) groups is 1. The molecule has 2 fully saturated rings. The molecule has 1 atom stereocenters. The van der Waals surface area contributed by atoms with Crippen molar-refractivity contribution in [3.05, 3.63) is 18.0 Å². The number of carbonyl (C=O) groups is 1. The standard InChI is InChI=1S/C16H26N4O3S2.ClH/c1-2-5-20(13-3-4-17-11-13)16(21)15-10-14(12-18-15)25(22,23)19-6-8-24-9-7-19;/h10,12-13,17-18H,2-9,11H2,1H3;1H. The molecule has 1 amide bonds. The SMILES string of the molecule is CCCN(C(=O)c1cc(S(=O)(=O)N2CCSCC2)c[nH]1)C1CCNC1.Cl. The Morgan fingerprint density at radius 3 is 2.73 bits per heavy atom. The van der Waals surface area contributed by atoms with Gasteiger partial charge in [0.2, 0.25) is 10.0 Å². The number of carbonyl (C=O) groups excluding carboxylic acids is 1. The monoisotopic (exact) mass is 422 g/mol. The molecule has 2 saturated heterocycles. The molecular weight excluding hydrogens is 396 g/mol. The van der Waals surface area contributed by atoms with Crippen molar-refractivity contribution >= 4 is 40.1 Å². The van der Waals surface area contributed by atoms with Crippen molar-refractivity contribution in [2.45, 2.75) is 30.7 Å². The van der Waals surface area contributed by atoms with E-state index < -0.39 is 10.0 Å². The van der Waals surface area contributed by atoms with Crippen LogP contribution < -0.4 is 5.32 Å². The molecule has 1 unspecified atom stereocenters. The highest BCUT2D eigenvalue weighted by Crippen LogP contribution is 2.22. The summed E-state index contributed by atoms with van der Waals surface area (Å²) >= 11 is 1.76. The number of hydrogen-bond acceptors (Lipinski definition) is 5. The van der Waals surface area contributed by atoms with E-state index in [1.807, 2.05) is 11.8 Å². The lowest BCUT2D eigenvalue weighted by Gasteiger charge is -2.27. The van der Waals surface area contributed by atoms with Crippen LogP contribution in [0.15, 0.2) is 17.2 Å². The number of rotatable bonds is 6. The van der Waals surface area contributed by atoms with Crippen LogP contribution in [0.3, 0.4) is 0 Å². The van der Waals surface area contributed by atoms with Gasteiger partial charge in [0.05, 0.1) is 0 Å². The van der Waals surface area contributed by atoms with Gasteiger partial charge in [-0.15, -0.1) is 12.4 Å². The van der Waals surface area contributed by atoms with Gasteiger partial charge in [0.25, 0.3) is 5.91 Å². The normalized spacial score (nSPS) is 21.3. The van der Waals surface area contributed by atoms with Crippen LogP contribution in [0.2, 0.25) is 0 Å². The average Bonchev–Trinajstić information content (AvgIpc) is 3.31. The van der Waals surface area contributed by atoms with Gasteiger partial charge in [0, 0.05) is 49.9 Å². The Hall–Kier alpha value is -0.740. The van der Waals surface area contributed by atoms with Crippen LogP contribution in [0.5, 0.6) is 0 Å². The summed E-state index contributed by atoms with van der Waals surface area (Å²) < 4.78 is 27.0. The molecule has 7 nitrogen and oxygen atoms in total. The first kappa shape index (κ1) is 21.6. The minimum absolute atomic E-state index is 0. The summed E-state index contributed by atoms with van der Waals surface area (Å²) in [5, 5.41) is 3.28. The summed E-state index contributed by atoms with van der Waals surface area (Å²) in [5.74, 6) is 1.51. The van der Waals surface area contributed by atoms with Crippen LogP contribution in [0, 0.1) is 0 Å². The fourth-order valence-electron chi connectivity index (χ4n) is 3.33. The van der Waals surface area contributed by atoms with Crippen LogP contribution in [-0.4, -0.2) is 78.8 Å².